The predicted octanol–water partition coefficient (Wildman–Crippen LogP) is 5.65. The van der Waals surface area contributed by atoms with E-state index in [9.17, 15) is 9.59 Å². The molecule has 0 heterocycles. The normalized spacial score (nSPS) is 11.5. The quantitative estimate of drug-likeness (QED) is 0.188. The van der Waals surface area contributed by atoms with Crippen LogP contribution in [0.4, 0.5) is 0 Å². The summed E-state index contributed by atoms with van der Waals surface area (Å²) in [7, 11) is 0.0779. The van der Waals surface area contributed by atoms with Gasteiger partial charge in [-0.15, -0.1) is 0 Å². The first kappa shape index (κ1) is 24.3. The van der Waals surface area contributed by atoms with Gasteiger partial charge in [0.05, 0.1) is 7.11 Å². The summed E-state index contributed by atoms with van der Waals surface area (Å²) >= 11 is 0. The van der Waals surface area contributed by atoms with Gasteiger partial charge in [0.1, 0.15) is 5.78 Å². The molecule has 0 aromatic rings. The zero-order valence-electron chi connectivity index (χ0n) is 17.0. The minimum absolute atomic E-state index is 0.117. The minimum atomic E-state index is -1.35. The van der Waals surface area contributed by atoms with Crippen molar-refractivity contribution in [3.63, 3.8) is 0 Å². The van der Waals surface area contributed by atoms with Crippen molar-refractivity contribution < 1.29 is 18.8 Å². The summed E-state index contributed by atoms with van der Waals surface area (Å²) < 4.78 is 10.4. The van der Waals surface area contributed by atoms with Gasteiger partial charge in [-0.05, 0) is 45.3 Å². The Kier molecular flexibility index (Phi) is 15.1. The zero-order chi connectivity index (χ0) is 19.0. The van der Waals surface area contributed by atoms with Crippen LogP contribution in [0.25, 0.3) is 0 Å². The average Bonchev–Trinajstić information content (AvgIpc) is 2.55. The molecule has 0 rings (SSSR count). The molecule has 0 radical (unpaired) electrons. The second-order valence-electron chi connectivity index (χ2n) is 7.86. The highest BCUT2D eigenvalue weighted by Gasteiger charge is 2.12. The fourth-order valence-corrected chi connectivity index (χ4v) is 3.44. The van der Waals surface area contributed by atoms with Gasteiger partial charge in [-0.25, -0.2) is 0 Å². The Bertz CT molecular complexity index is 350. The van der Waals surface area contributed by atoms with E-state index in [0.29, 0.717) is 12.2 Å². The summed E-state index contributed by atoms with van der Waals surface area (Å²) in [6.45, 7) is 7.53. The maximum absolute atomic E-state index is 11.8. The fraction of sp³-hybridized carbons (Fsp3) is 0.900. The Hall–Kier alpha value is -0.683. The second kappa shape index (κ2) is 15.6. The predicted molar refractivity (Wildman–Crippen MR) is 106 cm³/mol. The summed E-state index contributed by atoms with van der Waals surface area (Å²) in [5.74, 6) is 0.304. The first-order valence-electron chi connectivity index (χ1n) is 10.1. The molecule has 0 fully saturated rings. The molecule has 0 aliphatic rings. The number of ether oxygens (including phenoxy) is 1. The number of Topliss-reactive ketones (excluding diaryl/α,β-unsaturated/α-hetero) is 1. The first-order valence-corrected chi connectivity index (χ1v) is 13.5. The van der Waals surface area contributed by atoms with Gasteiger partial charge >= 0.3 is 5.97 Å². The van der Waals surface area contributed by atoms with Gasteiger partial charge in [0, 0.05) is 25.9 Å². The molecule has 148 valence electrons. The van der Waals surface area contributed by atoms with Gasteiger partial charge in [-0.3, -0.25) is 9.59 Å². The van der Waals surface area contributed by atoms with Gasteiger partial charge in [0.2, 0.25) is 0 Å². The Morgan fingerprint density at radius 3 is 1.60 bits per heavy atom. The Morgan fingerprint density at radius 2 is 1.12 bits per heavy atom. The molecule has 0 bridgehead atoms. The highest BCUT2D eigenvalue weighted by atomic mass is 28.4. The van der Waals surface area contributed by atoms with Crippen LogP contribution in [0, 0.1) is 0 Å². The number of carbonyl (C=O) groups excluding carboxylic acids is 2. The lowest BCUT2D eigenvalue weighted by atomic mass is 10.0. The maximum Gasteiger partial charge on any atom is 0.305 e. The molecule has 0 aromatic heterocycles. The lowest BCUT2D eigenvalue weighted by molar-refractivity contribution is -0.140. The molecule has 4 nitrogen and oxygen atoms in total. The number of rotatable bonds is 17. The van der Waals surface area contributed by atoms with Crippen LogP contribution in [0.2, 0.25) is 19.6 Å². The van der Waals surface area contributed by atoms with Crippen LogP contribution in [-0.2, 0) is 18.8 Å². The van der Waals surface area contributed by atoms with Gasteiger partial charge in [0.25, 0.3) is 0 Å². The molecule has 0 aliphatic heterocycles. The fourth-order valence-electron chi connectivity index (χ4n) is 2.68. The molecule has 0 aromatic carbocycles. The molecular weight excluding hydrogens is 332 g/mol. The number of unbranched alkanes of at least 4 members (excludes halogenated alkanes) is 8. The standard InChI is InChI=1S/C20H40O4Si/c1-23-20(22)17-13-8-6-5-7-11-15-19(21)16-12-9-10-14-18-24-25(2,3)4/h5-18H2,1-4H3. The van der Waals surface area contributed by atoms with E-state index in [1.807, 2.05) is 0 Å². The van der Waals surface area contributed by atoms with E-state index in [4.69, 9.17) is 4.43 Å². The van der Waals surface area contributed by atoms with Crippen molar-refractivity contribution in [2.75, 3.05) is 13.7 Å². The van der Waals surface area contributed by atoms with Crippen molar-refractivity contribution >= 4 is 20.1 Å². The van der Waals surface area contributed by atoms with Crippen LogP contribution in [0.15, 0.2) is 0 Å². The van der Waals surface area contributed by atoms with Crippen molar-refractivity contribution in [2.45, 2.75) is 103 Å². The minimum Gasteiger partial charge on any atom is -0.469 e. The summed E-state index contributed by atoms with van der Waals surface area (Å²) in [5.41, 5.74) is 0. The molecule has 0 atom stereocenters. The van der Waals surface area contributed by atoms with E-state index >= 15 is 0 Å². The third kappa shape index (κ3) is 19.5. The third-order valence-corrected chi connectivity index (χ3v) is 5.27. The lowest BCUT2D eigenvalue weighted by Crippen LogP contribution is -2.25. The molecule has 0 N–H and O–H groups in total. The van der Waals surface area contributed by atoms with E-state index in [0.717, 1.165) is 77.2 Å². The molecule has 25 heavy (non-hydrogen) atoms. The summed E-state index contributed by atoms with van der Waals surface area (Å²) in [6, 6.07) is 0. The SMILES string of the molecule is COC(=O)CCCCCCCCC(=O)CCCCCCO[Si](C)(C)C. The number of hydrogen-bond donors (Lipinski definition) is 0. The van der Waals surface area contributed by atoms with E-state index in [-0.39, 0.29) is 5.97 Å². The largest absolute Gasteiger partial charge is 0.469 e. The van der Waals surface area contributed by atoms with Crippen LogP contribution in [-0.4, -0.2) is 33.8 Å². The zero-order valence-corrected chi connectivity index (χ0v) is 18.0. The van der Waals surface area contributed by atoms with E-state index in [2.05, 4.69) is 24.4 Å². The van der Waals surface area contributed by atoms with E-state index in [1.54, 1.807) is 0 Å². The molecule has 5 heteroatoms. The summed E-state index contributed by atoms with van der Waals surface area (Å²) in [5, 5.41) is 0. The molecular formula is C20H40O4Si. The van der Waals surface area contributed by atoms with Crippen molar-refractivity contribution in [3.8, 4) is 0 Å². The topological polar surface area (TPSA) is 52.6 Å². The molecule has 0 saturated carbocycles. The number of ketones is 1. The van der Waals surface area contributed by atoms with E-state index < -0.39 is 8.32 Å². The van der Waals surface area contributed by atoms with Crippen molar-refractivity contribution in [1.82, 2.24) is 0 Å². The summed E-state index contributed by atoms with van der Waals surface area (Å²) in [4.78, 5) is 22.8. The molecule has 0 saturated heterocycles. The maximum atomic E-state index is 11.8. The second-order valence-corrected chi connectivity index (χ2v) is 12.4. The van der Waals surface area contributed by atoms with Crippen molar-refractivity contribution in [3.05, 3.63) is 0 Å². The first-order chi connectivity index (χ1) is 11.8. The smallest absolute Gasteiger partial charge is 0.305 e. The highest BCUT2D eigenvalue weighted by Crippen LogP contribution is 2.12. The van der Waals surface area contributed by atoms with Crippen LogP contribution in [0.1, 0.15) is 83.5 Å². The van der Waals surface area contributed by atoms with Crippen LogP contribution >= 0.6 is 0 Å². The van der Waals surface area contributed by atoms with Gasteiger partial charge in [-0.2, -0.15) is 0 Å². The molecule has 0 unspecified atom stereocenters. The highest BCUT2D eigenvalue weighted by molar-refractivity contribution is 6.69. The Morgan fingerprint density at radius 1 is 0.680 bits per heavy atom. The van der Waals surface area contributed by atoms with Crippen molar-refractivity contribution in [2.24, 2.45) is 0 Å². The third-order valence-electron chi connectivity index (χ3n) is 4.20. The Labute approximate surface area is 156 Å². The monoisotopic (exact) mass is 372 g/mol. The molecule has 0 amide bonds. The molecule has 0 aliphatic carbocycles. The Balaban J connectivity index is 3.27. The summed E-state index contributed by atoms with van der Waals surface area (Å²) in [6.07, 6.45) is 12.9. The van der Waals surface area contributed by atoms with Gasteiger partial charge in [-0.1, -0.05) is 38.5 Å². The van der Waals surface area contributed by atoms with E-state index in [1.165, 1.54) is 13.5 Å². The van der Waals surface area contributed by atoms with Crippen LogP contribution in [0.5, 0.6) is 0 Å². The number of carbonyl (C=O) groups is 2. The number of methoxy groups -OCH3 is 1. The van der Waals surface area contributed by atoms with Crippen LogP contribution in [0.3, 0.4) is 0 Å². The molecule has 0 spiro atoms. The van der Waals surface area contributed by atoms with Crippen LogP contribution < -0.4 is 0 Å². The number of esters is 1. The lowest BCUT2D eigenvalue weighted by Gasteiger charge is -2.16. The van der Waals surface area contributed by atoms with Gasteiger partial charge < -0.3 is 9.16 Å². The number of hydrogen-bond acceptors (Lipinski definition) is 4. The van der Waals surface area contributed by atoms with Gasteiger partial charge in [0.15, 0.2) is 8.32 Å². The average molecular weight is 373 g/mol. The van der Waals surface area contributed by atoms with Crippen molar-refractivity contribution in [1.29, 1.82) is 0 Å².